The molecule has 0 saturated carbocycles. The van der Waals surface area contributed by atoms with Crippen LogP contribution in [-0.2, 0) is 4.79 Å². The number of carboxylic acids is 1. The lowest BCUT2D eigenvalue weighted by Gasteiger charge is -2.35. The van der Waals surface area contributed by atoms with Crippen LogP contribution in [0.5, 0.6) is 5.75 Å². The molecule has 8 heteroatoms. The first-order chi connectivity index (χ1) is 16.5. The smallest absolute Gasteiger partial charge is 0.308 e. The standard InChI is InChI=1S/C26H27FN4O3/c1-34-19-6-8-24-21(16-19)20(9-13-28-24)23(27)7-5-18-10-15-31(17-22(18)26(32)33)14-2-4-25-29-11-3-12-30-25/h3,6,8-9,11-13,16,18,22-23H,5,7,10,14-15,17H2,1H3,(H,32,33)/t18-,22+,23-/m1/s1. The van der Waals surface area contributed by atoms with Crippen molar-refractivity contribution in [2.24, 2.45) is 11.8 Å². The number of fused-ring (bicyclic) bond motifs is 1. The summed E-state index contributed by atoms with van der Waals surface area (Å²) >= 11 is 0. The van der Waals surface area contributed by atoms with Gasteiger partial charge in [0.05, 0.1) is 25.1 Å². The number of pyridine rings is 1. The number of benzene rings is 1. The maximum atomic E-state index is 15.3. The van der Waals surface area contributed by atoms with E-state index in [0.29, 0.717) is 48.6 Å². The van der Waals surface area contributed by atoms with Crippen molar-refractivity contribution in [3.05, 3.63) is 60.3 Å². The van der Waals surface area contributed by atoms with Crippen LogP contribution in [0, 0.1) is 23.7 Å². The van der Waals surface area contributed by atoms with Gasteiger partial charge in [0.2, 0.25) is 5.82 Å². The van der Waals surface area contributed by atoms with Crippen LogP contribution in [0.2, 0.25) is 0 Å². The summed E-state index contributed by atoms with van der Waals surface area (Å²) in [5.41, 5.74) is 1.27. The Bertz CT molecular complexity index is 1190. The molecule has 0 unspecified atom stereocenters. The molecule has 0 spiro atoms. The molecule has 3 heterocycles. The molecular formula is C26H27FN4O3. The second kappa shape index (κ2) is 11.0. The highest BCUT2D eigenvalue weighted by Crippen LogP contribution is 2.35. The van der Waals surface area contributed by atoms with Gasteiger partial charge in [-0.05, 0) is 73.5 Å². The monoisotopic (exact) mass is 462 g/mol. The van der Waals surface area contributed by atoms with Gasteiger partial charge in [-0.1, -0.05) is 5.92 Å². The van der Waals surface area contributed by atoms with Crippen LogP contribution in [0.15, 0.2) is 48.9 Å². The summed E-state index contributed by atoms with van der Waals surface area (Å²) in [5, 5.41) is 10.5. The van der Waals surface area contributed by atoms with Gasteiger partial charge in [0.25, 0.3) is 0 Å². The van der Waals surface area contributed by atoms with Crippen LogP contribution in [0.4, 0.5) is 4.39 Å². The predicted molar refractivity (Wildman–Crippen MR) is 126 cm³/mol. The van der Waals surface area contributed by atoms with Gasteiger partial charge in [-0.15, -0.1) is 0 Å². The highest BCUT2D eigenvalue weighted by Gasteiger charge is 2.34. The number of carboxylic acid groups (broad SMARTS) is 1. The largest absolute Gasteiger partial charge is 0.497 e. The minimum absolute atomic E-state index is 0.0833. The molecule has 4 rings (SSSR count). The SMILES string of the molecule is COc1ccc2nccc([C@H](F)CC[C@@H]3CCN(CC#Cc4ncccn4)C[C@@H]3C(=O)O)c2c1. The molecule has 2 aromatic heterocycles. The van der Waals surface area contributed by atoms with E-state index in [0.717, 1.165) is 11.9 Å². The van der Waals surface area contributed by atoms with Gasteiger partial charge < -0.3 is 9.84 Å². The number of carbonyl (C=O) groups is 1. The molecule has 1 aliphatic rings. The third kappa shape index (κ3) is 5.67. The van der Waals surface area contributed by atoms with E-state index >= 15 is 4.39 Å². The van der Waals surface area contributed by atoms with Gasteiger partial charge in [0, 0.05) is 30.5 Å². The Labute approximate surface area is 198 Å². The van der Waals surface area contributed by atoms with E-state index in [4.69, 9.17) is 4.74 Å². The lowest BCUT2D eigenvalue weighted by Crippen LogP contribution is -2.44. The molecule has 1 N–H and O–H groups in total. The molecule has 0 aliphatic carbocycles. The summed E-state index contributed by atoms with van der Waals surface area (Å²) in [5.74, 6) is 5.54. The lowest BCUT2D eigenvalue weighted by molar-refractivity contribution is -0.146. The minimum Gasteiger partial charge on any atom is -0.497 e. The Balaban J connectivity index is 1.38. The minimum atomic E-state index is -1.21. The summed E-state index contributed by atoms with van der Waals surface area (Å²) in [6.07, 6.45) is 5.12. The van der Waals surface area contributed by atoms with Crippen molar-refractivity contribution in [1.82, 2.24) is 19.9 Å². The summed E-state index contributed by atoms with van der Waals surface area (Å²) in [4.78, 5) is 26.4. The normalized spacial score (nSPS) is 19.2. The van der Waals surface area contributed by atoms with E-state index in [-0.39, 0.29) is 12.3 Å². The van der Waals surface area contributed by atoms with E-state index in [1.807, 2.05) is 11.0 Å². The average molecular weight is 463 g/mol. The number of halogens is 1. The van der Waals surface area contributed by atoms with Gasteiger partial charge in [-0.2, -0.15) is 0 Å². The van der Waals surface area contributed by atoms with Crippen LogP contribution in [-0.4, -0.2) is 57.7 Å². The molecule has 34 heavy (non-hydrogen) atoms. The number of likely N-dealkylation sites (tertiary alicyclic amines) is 1. The fourth-order valence-electron chi connectivity index (χ4n) is 4.49. The number of rotatable bonds is 7. The van der Waals surface area contributed by atoms with Crippen molar-refractivity contribution in [2.45, 2.75) is 25.4 Å². The highest BCUT2D eigenvalue weighted by atomic mass is 19.1. The number of nitrogens with zero attached hydrogens (tertiary/aromatic N) is 4. The zero-order chi connectivity index (χ0) is 23.9. The van der Waals surface area contributed by atoms with E-state index in [2.05, 4.69) is 26.8 Å². The number of ether oxygens (including phenoxy) is 1. The van der Waals surface area contributed by atoms with Crippen LogP contribution in [0.25, 0.3) is 10.9 Å². The number of aromatic nitrogens is 3. The fourth-order valence-corrected chi connectivity index (χ4v) is 4.49. The van der Waals surface area contributed by atoms with Crippen molar-refractivity contribution in [3.8, 4) is 17.6 Å². The average Bonchev–Trinajstić information content (AvgIpc) is 2.87. The van der Waals surface area contributed by atoms with Gasteiger partial charge in [0.15, 0.2) is 0 Å². The second-order valence-corrected chi connectivity index (χ2v) is 8.43. The van der Waals surface area contributed by atoms with Crippen molar-refractivity contribution in [2.75, 3.05) is 26.7 Å². The lowest BCUT2D eigenvalue weighted by atomic mass is 9.81. The summed E-state index contributed by atoms with van der Waals surface area (Å²) in [7, 11) is 1.57. The van der Waals surface area contributed by atoms with Crippen LogP contribution in [0.3, 0.4) is 0 Å². The third-order valence-electron chi connectivity index (χ3n) is 6.34. The maximum Gasteiger partial charge on any atom is 0.308 e. The zero-order valence-electron chi connectivity index (χ0n) is 19.0. The second-order valence-electron chi connectivity index (χ2n) is 8.43. The van der Waals surface area contributed by atoms with Gasteiger partial charge >= 0.3 is 5.97 Å². The molecule has 0 amide bonds. The maximum absolute atomic E-state index is 15.3. The van der Waals surface area contributed by atoms with Crippen LogP contribution >= 0.6 is 0 Å². The number of methoxy groups -OCH3 is 1. The summed E-state index contributed by atoms with van der Waals surface area (Å²) in [6, 6.07) is 8.83. The Morgan fingerprint density at radius 2 is 2.09 bits per heavy atom. The number of aliphatic carboxylic acids is 1. The number of alkyl halides is 1. The Hall–Kier alpha value is -3.57. The van der Waals surface area contributed by atoms with Crippen molar-refractivity contribution >= 4 is 16.9 Å². The quantitative estimate of drug-likeness (QED) is 0.533. The molecule has 3 aromatic rings. The molecule has 7 nitrogen and oxygen atoms in total. The Morgan fingerprint density at radius 3 is 2.85 bits per heavy atom. The topological polar surface area (TPSA) is 88.4 Å². The highest BCUT2D eigenvalue weighted by molar-refractivity contribution is 5.83. The van der Waals surface area contributed by atoms with E-state index in [1.165, 1.54) is 0 Å². The summed E-state index contributed by atoms with van der Waals surface area (Å²) in [6.45, 7) is 1.58. The number of hydrogen-bond donors (Lipinski definition) is 1. The first-order valence-corrected chi connectivity index (χ1v) is 11.3. The molecule has 1 aromatic carbocycles. The van der Waals surface area contributed by atoms with Crippen molar-refractivity contribution in [1.29, 1.82) is 0 Å². The summed E-state index contributed by atoms with van der Waals surface area (Å²) < 4.78 is 20.6. The van der Waals surface area contributed by atoms with Gasteiger partial charge in [0.1, 0.15) is 11.9 Å². The molecule has 3 atom stereocenters. The van der Waals surface area contributed by atoms with Gasteiger partial charge in [-0.3, -0.25) is 14.7 Å². The van der Waals surface area contributed by atoms with Crippen molar-refractivity contribution < 1.29 is 19.0 Å². The number of hydrogen-bond acceptors (Lipinski definition) is 6. The van der Waals surface area contributed by atoms with Crippen LogP contribution in [0.1, 0.15) is 36.8 Å². The first-order valence-electron chi connectivity index (χ1n) is 11.3. The van der Waals surface area contributed by atoms with E-state index in [1.54, 1.807) is 50.0 Å². The first kappa shape index (κ1) is 23.6. The fraction of sp³-hybridized carbons (Fsp3) is 0.385. The van der Waals surface area contributed by atoms with Crippen LogP contribution < -0.4 is 4.74 Å². The molecule has 0 radical (unpaired) electrons. The molecule has 1 fully saturated rings. The Morgan fingerprint density at radius 1 is 1.26 bits per heavy atom. The Kier molecular flexibility index (Phi) is 7.65. The van der Waals surface area contributed by atoms with E-state index < -0.39 is 18.1 Å². The van der Waals surface area contributed by atoms with E-state index in [9.17, 15) is 9.90 Å². The molecule has 1 aliphatic heterocycles. The molecule has 176 valence electrons. The number of piperidine rings is 1. The van der Waals surface area contributed by atoms with Crippen molar-refractivity contribution in [3.63, 3.8) is 0 Å². The predicted octanol–water partition coefficient (Wildman–Crippen LogP) is 3.90. The molecule has 0 bridgehead atoms. The third-order valence-corrected chi connectivity index (χ3v) is 6.34. The molecular weight excluding hydrogens is 435 g/mol. The zero-order valence-corrected chi connectivity index (χ0v) is 19.0. The molecule has 1 saturated heterocycles. The van der Waals surface area contributed by atoms with Gasteiger partial charge in [-0.25, -0.2) is 14.4 Å².